The molecule has 2 rings (SSSR count). The molecule has 0 atom stereocenters. The lowest BCUT2D eigenvalue weighted by molar-refractivity contribution is 0.416. The van der Waals surface area contributed by atoms with E-state index in [2.05, 4.69) is 15.3 Å². The Morgan fingerprint density at radius 1 is 1.26 bits per heavy atom. The number of nitrogens with zero attached hydrogens (tertiary/aromatic N) is 2. The molecule has 5 heteroatoms. The molecule has 1 aromatic heterocycles. The molecule has 0 radical (unpaired) electrons. The standard InChI is InChI=1S/C14H16ClN3O/c1-4-13-17-11(8-14(16-2)18-13)10-7-9(15)5-6-12(10)19-3/h5-8H,4H2,1-3H3,(H,16,17,18). The van der Waals surface area contributed by atoms with E-state index in [0.717, 1.165) is 35.1 Å². The molecule has 0 bridgehead atoms. The third kappa shape index (κ3) is 2.96. The van der Waals surface area contributed by atoms with Gasteiger partial charge >= 0.3 is 0 Å². The lowest BCUT2D eigenvalue weighted by Crippen LogP contribution is -2.01. The summed E-state index contributed by atoms with van der Waals surface area (Å²) in [6.45, 7) is 2.02. The van der Waals surface area contributed by atoms with Gasteiger partial charge in [0.1, 0.15) is 17.4 Å². The summed E-state index contributed by atoms with van der Waals surface area (Å²) in [7, 11) is 3.47. The zero-order valence-corrected chi connectivity index (χ0v) is 12.0. The highest BCUT2D eigenvalue weighted by Crippen LogP contribution is 2.32. The molecule has 0 saturated heterocycles. The number of nitrogens with one attached hydrogen (secondary N) is 1. The number of benzene rings is 1. The van der Waals surface area contributed by atoms with Crippen LogP contribution < -0.4 is 10.1 Å². The van der Waals surface area contributed by atoms with Crippen molar-refractivity contribution in [1.29, 1.82) is 0 Å². The Balaban J connectivity index is 2.60. The van der Waals surface area contributed by atoms with Gasteiger partial charge in [-0.3, -0.25) is 0 Å². The third-order valence-corrected chi connectivity index (χ3v) is 3.02. The second kappa shape index (κ2) is 5.89. The number of ether oxygens (including phenoxy) is 1. The van der Waals surface area contributed by atoms with Gasteiger partial charge in [-0.25, -0.2) is 9.97 Å². The maximum Gasteiger partial charge on any atom is 0.131 e. The fourth-order valence-corrected chi connectivity index (χ4v) is 1.97. The zero-order valence-electron chi connectivity index (χ0n) is 11.2. The zero-order chi connectivity index (χ0) is 13.8. The van der Waals surface area contributed by atoms with Gasteiger partial charge in [0.15, 0.2) is 0 Å². The Morgan fingerprint density at radius 2 is 2.05 bits per heavy atom. The number of hydrogen-bond donors (Lipinski definition) is 1. The normalized spacial score (nSPS) is 10.3. The second-order valence-electron chi connectivity index (χ2n) is 4.00. The van der Waals surface area contributed by atoms with Crippen molar-refractivity contribution >= 4 is 17.4 Å². The fraction of sp³-hybridized carbons (Fsp3) is 0.286. The van der Waals surface area contributed by atoms with Crippen LogP contribution in [0.25, 0.3) is 11.3 Å². The van der Waals surface area contributed by atoms with E-state index in [0.29, 0.717) is 5.02 Å². The lowest BCUT2D eigenvalue weighted by atomic mass is 10.1. The molecule has 0 fully saturated rings. The van der Waals surface area contributed by atoms with Gasteiger partial charge in [0.2, 0.25) is 0 Å². The van der Waals surface area contributed by atoms with Crippen LogP contribution in [0.4, 0.5) is 5.82 Å². The summed E-state index contributed by atoms with van der Waals surface area (Å²) < 4.78 is 5.36. The number of methoxy groups -OCH3 is 1. The van der Waals surface area contributed by atoms with Crippen molar-refractivity contribution in [2.75, 3.05) is 19.5 Å². The van der Waals surface area contributed by atoms with Crippen LogP contribution in [0.15, 0.2) is 24.3 Å². The minimum Gasteiger partial charge on any atom is -0.496 e. The first kappa shape index (κ1) is 13.6. The maximum atomic E-state index is 6.06. The molecule has 0 amide bonds. The van der Waals surface area contributed by atoms with Gasteiger partial charge in [0.25, 0.3) is 0 Å². The topological polar surface area (TPSA) is 47.0 Å². The van der Waals surface area contributed by atoms with E-state index in [1.807, 2.05) is 32.2 Å². The van der Waals surface area contributed by atoms with Gasteiger partial charge in [0, 0.05) is 30.1 Å². The summed E-state index contributed by atoms with van der Waals surface area (Å²) in [5.41, 5.74) is 1.67. The van der Waals surface area contributed by atoms with Crippen LogP contribution in [0, 0.1) is 0 Å². The molecule has 0 unspecified atom stereocenters. The van der Waals surface area contributed by atoms with E-state index < -0.39 is 0 Å². The van der Waals surface area contributed by atoms with E-state index >= 15 is 0 Å². The Labute approximate surface area is 117 Å². The molecule has 0 aliphatic rings. The predicted octanol–water partition coefficient (Wildman–Crippen LogP) is 3.41. The molecule has 0 saturated carbocycles. The highest BCUT2D eigenvalue weighted by molar-refractivity contribution is 6.30. The van der Waals surface area contributed by atoms with Crippen LogP contribution >= 0.6 is 11.6 Å². The van der Waals surface area contributed by atoms with Crippen molar-refractivity contribution in [3.8, 4) is 17.0 Å². The molecule has 2 aromatic rings. The Hall–Kier alpha value is -1.81. The Morgan fingerprint density at radius 3 is 2.68 bits per heavy atom. The molecule has 4 nitrogen and oxygen atoms in total. The van der Waals surface area contributed by atoms with Gasteiger partial charge in [0.05, 0.1) is 12.8 Å². The number of aryl methyl sites for hydroxylation is 1. The summed E-state index contributed by atoms with van der Waals surface area (Å²) in [6, 6.07) is 7.37. The molecule has 0 spiro atoms. The van der Waals surface area contributed by atoms with Gasteiger partial charge in [-0.15, -0.1) is 0 Å². The summed E-state index contributed by atoms with van der Waals surface area (Å²) >= 11 is 6.06. The van der Waals surface area contributed by atoms with Crippen LogP contribution in [0.3, 0.4) is 0 Å². The molecule has 1 N–H and O–H groups in total. The highest BCUT2D eigenvalue weighted by atomic mass is 35.5. The first-order valence-electron chi connectivity index (χ1n) is 6.07. The predicted molar refractivity (Wildman–Crippen MR) is 78.0 cm³/mol. The average Bonchev–Trinajstić information content (AvgIpc) is 2.46. The SMILES string of the molecule is CCc1nc(NC)cc(-c2cc(Cl)ccc2OC)n1. The lowest BCUT2D eigenvalue weighted by Gasteiger charge is -2.11. The van der Waals surface area contributed by atoms with Crippen LogP contribution in [0.5, 0.6) is 5.75 Å². The van der Waals surface area contributed by atoms with Crippen molar-refractivity contribution in [2.45, 2.75) is 13.3 Å². The van der Waals surface area contributed by atoms with Gasteiger partial charge in [-0.2, -0.15) is 0 Å². The first-order valence-corrected chi connectivity index (χ1v) is 6.45. The molecule has 1 aromatic carbocycles. The van der Waals surface area contributed by atoms with Crippen LogP contribution in [-0.2, 0) is 6.42 Å². The van der Waals surface area contributed by atoms with Gasteiger partial charge in [-0.05, 0) is 18.2 Å². The van der Waals surface area contributed by atoms with Crippen molar-refractivity contribution < 1.29 is 4.74 Å². The van der Waals surface area contributed by atoms with Gasteiger partial charge in [-0.1, -0.05) is 18.5 Å². The van der Waals surface area contributed by atoms with E-state index in [1.165, 1.54) is 0 Å². The monoisotopic (exact) mass is 277 g/mol. The molecule has 100 valence electrons. The molecule has 1 heterocycles. The molecule has 0 aliphatic carbocycles. The van der Waals surface area contributed by atoms with Crippen molar-refractivity contribution in [2.24, 2.45) is 0 Å². The van der Waals surface area contributed by atoms with Crippen LogP contribution in [0.2, 0.25) is 5.02 Å². The Bertz CT molecular complexity index is 565. The minimum absolute atomic E-state index is 0.651. The van der Waals surface area contributed by atoms with Crippen molar-refractivity contribution in [3.63, 3.8) is 0 Å². The molecule has 19 heavy (non-hydrogen) atoms. The summed E-state index contributed by atoms with van der Waals surface area (Å²) in [5.74, 6) is 2.31. The third-order valence-electron chi connectivity index (χ3n) is 2.78. The highest BCUT2D eigenvalue weighted by Gasteiger charge is 2.11. The first-order chi connectivity index (χ1) is 9.17. The number of hydrogen-bond acceptors (Lipinski definition) is 4. The summed E-state index contributed by atoms with van der Waals surface area (Å²) in [6.07, 6.45) is 0.769. The summed E-state index contributed by atoms with van der Waals surface area (Å²) in [5, 5.41) is 3.69. The number of aromatic nitrogens is 2. The Kier molecular flexibility index (Phi) is 4.22. The smallest absolute Gasteiger partial charge is 0.131 e. The number of anilines is 1. The van der Waals surface area contributed by atoms with E-state index in [1.54, 1.807) is 13.2 Å². The summed E-state index contributed by atoms with van der Waals surface area (Å²) in [4.78, 5) is 8.91. The second-order valence-corrected chi connectivity index (χ2v) is 4.44. The van der Waals surface area contributed by atoms with Crippen molar-refractivity contribution in [1.82, 2.24) is 9.97 Å². The molecular formula is C14H16ClN3O. The quantitative estimate of drug-likeness (QED) is 0.930. The van der Waals surface area contributed by atoms with E-state index in [9.17, 15) is 0 Å². The van der Waals surface area contributed by atoms with E-state index in [-0.39, 0.29) is 0 Å². The fourth-order valence-electron chi connectivity index (χ4n) is 1.80. The van der Waals surface area contributed by atoms with Crippen LogP contribution in [-0.4, -0.2) is 24.1 Å². The maximum absolute atomic E-state index is 6.06. The van der Waals surface area contributed by atoms with Gasteiger partial charge < -0.3 is 10.1 Å². The largest absolute Gasteiger partial charge is 0.496 e. The number of rotatable bonds is 4. The number of halogens is 1. The molecular weight excluding hydrogens is 262 g/mol. The van der Waals surface area contributed by atoms with E-state index in [4.69, 9.17) is 16.3 Å². The van der Waals surface area contributed by atoms with Crippen molar-refractivity contribution in [3.05, 3.63) is 35.1 Å². The minimum atomic E-state index is 0.651. The average molecular weight is 278 g/mol. The molecule has 0 aliphatic heterocycles. The van der Waals surface area contributed by atoms with Crippen LogP contribution in [0.1, 0.15) is 12.7 Å².